The Bertz CT molecular complexity index is 461. The van der Waals surface area contributed by atoms with E-state index in [0.717, 1.165) is 12.3 Å². The number of hydrogen-bond donors (Lipinski definition) is 1. The minimum Gasteiger partial charge on any atom is -0.464 e. The third-order valence-corrected chi connectivity index (χ3v) is 5.37. The van der Waals surface area contributed by atoms with Crippen LogP contribution in [0, 0.1) is 5.41 Å². The number of rotatable bonds is 16. The molecule has 1 unspecified atom stereocenters. The van der Waals surface area contributed by atoms with Crippen molar-refractivity contribution in [2.75, 3.05) is 84.5 Å². The second-order valence-corrected chi connectivity index (χ2v) is 8.23. The van der Waals surface area contributed by atoms with Crippen LogP contribution in [0.25, 0.3) is 0 Å². The average Bonchev–Trinajstić information content (AvgIpc) is 3.24. The van der Waals surface area contributed by atoms with E-state index >= 15 is 0 Å². The molecule has 1 aliphatic rings. The number of ether oxygens (including phenoxy) is 5. The van der Waals surface area contributed by atoms with E-state index in [1.54, 1.807) is 18.9 Å². The van der Waals surface area contributed by atoms with Gasteiger partial charge in [-0.15, -0.1) is 0 Å². The molecule has 1 rings (SSSR count). The molecular weight excluding hydrogens is 402 g/mol. The first kappa shape index (κ1) is 26.0. The SMILES string of the molecule is COCCOCCOC(=O)OCC(C)(CO)C(=O)OCCSCCN1CCCC1. The maximum atomic E-state index is 12.2. The molecule has 0 saturated carbocycles. The molecule has 1 heterocycles. The molecule has 1 fully saturated rings. The molecule has 1 atom stereocenters. The standard InChI is InChI=1S/C19H35NO8S/c1-19(15-21,16-28-18(23)27-11-10-25-9-8-24-2)17(22)26-12-14-29-13-7-20-5-3-4-6-20/h21H,3-16H2,1-2H3. The molecular formula is C19H35NO8S. The first-order valence-corrected chi connectivity index (χ1v) is 11.1. The highest BCUT2D eigenvalue weighted by Crippen LogP contribution is 2.19. The minimum absolute atomic E-state index is 0.0253. The molecule has 0 aromatic carbocycles. The number of thioether (sulfide) groups is 1. The second kappa shape index (κ2) is 15.7. The molecule has 29 heavy (non-hydrogen) atoms. The van der Waals surface area contributed by atoms with Gasteiger partial charge in [-0.1, -0.05) is 0 Å². The Labute approximate surface area is 177 Å². The Balaban J connectivity index is 2.12. The van der Waals surface area contributed by atoms with Crippen LogP contribution < -0.4 is 0 Å². The summed E-state index contributed by atoms with van der Waals surface area (Å²) in [4.78, 5) is 26.3. The highest BCUT2D eigenvalue weighted by molar-refractivity contribution is 7.99. The van der Waals surface area contributed by atoms with Gasteiger partial charge in [0.15, 0.2) is 0 Å². The van der Waals surface area contributed by atoms with Gasteiger partial charge in [0.1, 0.15) is 25.2 Å². The maximum Gasteiger partial charge on any atom is 0.508 e. The van der Waals surface area contributed by atoms with Crippen LogP contribution in [-0.2, 0) is 28.5 Å². The number of methoxy groups -OCH3 is 1. The summed E-state index contributed by atoms with van der Waals surface area (Å²) in [6.07, 6.45) is 1.63. The van der Waals surface area contributed by atoms with Crippen LogP contribution in [-0.4, -0.2) is 107 Å². The number of esters is 1. The molecule has 0 bridgehead atoms. The number of nitrogens with zero attached hydrogens (tertiary/aromatic N) is 1. The van der Waals surface area contributed by atoms with Crippen LogP contribution in [0.4, 0.5) is 4.79 Å². The van der Waals surface area contributed by atoms with Crippen molar-refractivity contribution in [2.45, 2.75) is 19.8 Å². The zero-order chi connectivity index (χ0) is 21.4. The van der Waals surface area contributed by atoms with E-state index in [4.69, 9.17) is 23.7 Å². The van der Waals surface area contributed by atoms with Crippen LogP contribution >= 0.6 is 11.8 Å². The topological polar surface area (TPSA) is 104 Å². The molecule has 1 saturated heterocycles. The Kier molecular flexibility index (Phi) is 14.1. The molecule has 10 heteroatoms. The molecule has 0 aliphatic carbocycles. The van der Waals surface area contributed by atoms with Gasteiger partial charge in [0.25, 0.3) is 0 Å². The predicted octanol–water partition coefficient (Wildman–Crippen LogP) is 1.17. The number of aliphatic hydroxyl groups is 1. The lowest BCUT2D eigenvalue weighted by molar-refractivity contribution is -0.159. The van der Waals surface area contributed by atoms with E-state index in [9.17, 15) is 14.7 Å². The van der Waals surface area contributed by atoms with Gasteiger partial charge in [-0.25, -0.2) is 4.79 Å². The van der Waals surface area contributed by atoms with E-state index in [-0.39, 0.29) is 26.4 Å². The van der Waals surface area contributed by atoms with Crippen molar-refractivity contribution in [1.29, 1.82) is 0 Å². The summed E-state index contributed by atoms with van der Waals surface area (Å²) < 4.78 is 25.0. The Hall–Kier alpha value is -1.07. The van der Waals surface area contributed by atoms with Crippen molar-refractivity contribution in [3.05, 3.63) is 0 Å². The summed E-state index contributed by atoms with van der Waals surface area (Å²) in [7, 11) is 1.56. The Morgan fingerprint density at radius 1 is 1.00 bits per heavy atom. The highest BCUT2D eigenvalue weighted by Gasteiger charge is 2.36. The Morgan fingerprint density at radius 2 is 1.72 bits per heavy atom. The van der Waals surface area contributed by atoms with Crippen molar-refractivity contribution in [2.24, 2.45) is 5.41 Å². The monoisotopic (exact) mass is 437 g/mol. The van der Waals surface area contributed by atoms with Crippen molar-refractivity contribution >= 4 is 23.9 Å². The average molecular weight is 438 g/mol. The maximum absolute atomic E-state index is 12.2. The number of carbonyl (C=O) groups excluding carboxylic acids is 2. The zero-order valence-electron chi connectivity index (χ0n) is 17.6. The normalized spacial score (nSPS) is 16.4. The lowest BCUT2D eigenvalue weighted by atomic mass is 9.93. The van der Waals surface area contributed by atoms with Gasteiger partial charge in [0.05, 0.1) is 26.4 Å². The molecule has 1 aliphatic heterocycles. The number of hydrogen-bond acceptors (Lipinski definition) is 10. The lowest BCUT2D eigenvalue weighted by Crippen LogP contribution is -2.39. The summed E-state index contributed by atoms with van der Waals surface area (Å²) in [6, 6.07) is 0. The van der Waals surface area contributed by atoms with Crippen LogP contribution in [0.2, 0.25) is 0 Å². The quantitative estimate of drug-likeness (QED) is 0.279. The fraction of sp³-hybridized carbons (Fsp3) is 0.895. The van der Waals surface area contributed by atoms with Crippen LogP contribution in [0.1, 0.15) is 19.8 Å². The fourth-order valence-electron chi connectivity index (χ4n) is 2.53. The molecule has 0 radical (unpaired) electrons. The van der Waals surface area contributed by atoms with Crippen molar-refractivity contribution in [3.8, 4) is 0 Å². The van der Waals surface area contributed by atoms with Gasteiger partial charge in [-0.3, -0.25) is 4.79 Å². The van der Waals surface area contributed by atoms with Gasteiger partial charge in [0, 0.05) is 25.2 Å². The van der Waals surface area contributed by atoms with Gasteiger partial charge in [0.2, 0.25) is 0 Å². The molecule has 170 valence electrons. The fourth-order valence-corrected chi connectivity index (χ4v) is 3.32. The highest BCUT2D eigenvalue weighted by atomic mass is 32.2. The smallest absolute Gasteiger partial charge is 0.464 e. The predicted molar refractivity (Wildman–Crippen MR) is 109 cm³/mol. The van der Waals surface area contributed by atoms with E-state index < -0.39 is 24.1 Å². The van der Waals surface area contributed by atoms with E-state index in [1.807, 2.05) is 0 Å². The molecule has 0 amide bonds. The largest absolute Gasteiger partial charge is 0.508 e. The summed E-state index contributed by atoms with van der Waals surface area (Å²) in [5, 5.41) is 9.55. The van der Waals surface area contributed by atoms with Crippen LogP contribution in [0.15, 0.2) is 0 Å². The molecule has 0 aromatic heterocycles. The molecule has 1 N–H and O–H groups in total. The number of carbonyl (C=O) groups is 2. The minimum atomic E-state index is -1.33. The Morgan fingerprint density at radius 3 is 2.41 bits per heavy atom. The van der Waals surface area contributed by atoms with Crippen molar-refractivity contribution in [3.63, 3.8) is 0 Å². The first-order valence-electron chi connectivity index (χ1n) is 9.96. The van der Waals surface area contributed by atoms with Gasteiger partial charge in [-0.05, 0) is 32.9 Å². The summed E-state index contributed by atoms with van der Waals surface area (Å²) >= 11 is 1.73. The summed E-state index contributed by atoms with van der Waals surface area (Å²) in [5.74, 6) is 1.09. The third kappa shape index (κ3) is 11.6. The number of likely N-dealkylation sites (tertiary alicyclic amines) is 1. The molecule has 9 nitrogen and oxygen atoms in total. The van der Waals surface area contributed by atoms with Crippen LogP contribution in [0.3, 0.4) is 0 Å². The van der Waals surface area contributed by atoms with Gasteiger partial charge >= 0.3 is 12.1 Å². The van der Waals surface area contributed by atoms with E-state index in [0.29, 0.717) is 19.0 Å². The van der Waals surface area contributed by atoms with Gasteiger partial charge < -0.3 is 33.7 Å². The molecule has 0 spiro atoms. The summed E-state index contributed by atoms with van der Waals surface area (Å²) in [5.41, 5.74) is -1.33. The summed E-state index contributed by atoms with van der Waals surface area (Å²) in [6.45, 7) is 5.42. The third-order valence-electron chi connectivity index (χ3n) is 4.44. The molecule has 0 aromatic rings. The van der Waals surface area contributed by atoms with Crippen LogP contribution in [0.5, 0.6) is 0 Å². The zero-order valence-corrected chi connectivity index (χ0v) is 18.4. The van der Waals surface area contributed by atoms with E-state index in [2.05, 4.69) is 4.90 Å². The van der Waals surface area contributed by atoms with E-state index in [1.165, 1.54) is 32.9 Å². The van der Waals surface area contributed by atoms with Crippen molar-refractivity contribution in [1.82, 2.24) is 4.90 Å². The first-order chi connectivity index (χ1) is 14.0. The number of aliphatic hydroxyl groups excluding tert-OH is 1. The lowest BCUT2D eigenvalue weighted by Gasteiger charge is -2.24. The van der Waals surface area contributed by atoms with Crippen molar-refractivity contribution < 1.29 is 38.4 Å². The van der Waals surface area contributed by atoms with Gasteiger partial charge in [-0.2, -0.15) is 11.8 Å². The second-order valence-electron chi connectivity index (χ2n) is 7.01.